The number of carboxylic acid groups (broad SMARTS) is 1. The summed E-state index contributed by atoms with van der Waals surface area (Å²) in [6, 6.07) is 1.28. The van der Waals surface area contributed by atoms with Crippen LogP contribution in [-0.4, -0.2) is 79.6 Å². The number of anilines is 1. The highest BCUT2D eigenvalue weighted by molar-refractivity contribution is 5.97. The van der Waals surface area contributed by atoms with Crippen molar-refractivity contribution in [2.45, 2.75) is 31.0 Å². The molecule has 178 valence electrons. The Labute approximate surface area is 191 Å². The number of pyridine rings is 1. The van der Waals surface area contributed by atoms with Crippen LogP contribution in [0.1, 0.15) is 29.2 Å². The summed E-state index contributed by atoms with van der Waals surface area (Å²) in [6.07, 6.45) is 2.98. The van der Waals surface area contributed by atoms with Crippen molar-refractivity contribution in [1.82, 2.24) is 9.47 Å². The molecule has 0 amide bonds. The van der Waals surface area contributed by atoms with Crippen molar-refractivity contribution in [3.05, 3.63) is 33.9 Å². The summed E-state index contributed by atoms with van der Waals surface area (Å²) in [7, 11) is 6.98. The van der Waals surface area contributed by atoms with E-state index in [1.165, 1.54) is 13.3 Å². The normalized spacial score (nSPS) is 20.2. The van der Waals surface area contributed by atoms with E-state index >= 15 is 4.39 Å². The fraction of sp³-hybridized carbons (Fsp3) is 0.524. The Morgan fingerprint density at radius 2 is 1.91 bits per heavy atom. The number of rotatable bonds is 6. The lowest BCUT2D eigenvalue weighted by Crippen LogP contribution is -2.39. The van der Waals surface area contributed by atoms with Crippen LogP contribution in [0.4, 0.5) is 10.1 Å². The van der Waals surface area contributed by atoms with Crippen LogP contribution in [-0.2, 0) is 4.74 Å². The molecule has 2 unspecified atom stereocenters. The van der Waals surface area contributed by atoms with Gasteiger partial charge in [-0.2, -0.15) is 0 Å². The van der Waals surface area contributed by atoms with Gasteiger partial charge in [0.2, 0.25) is 5.43 Å². The Hall–Kier alpha value is -2.40. The molecule has 1 saturated heterocycles. The third-order valence-corrected chi connectivity index (χ3v) is 6.09. The molecule has 1 aliphatic heterocycles. The highest BCUT2D eigenvalue weighted by Gasteiger charge is 2.38. The number of halogens is 2. The quantitative estimate of drug-likeness (QED) is 0.676. The first-order valence-corrected chi connectivity index (χ1v) is 9.91. The molecule has 2 heterocycles. The second-order valence-corrected chi connectivity index (χ2v) is 8.16. The number of carboxylic acids is 1. The maximum atomic E-state index is 15.4. The number of hydrogen-bond acceptors (Lipinski definition) is 6. The average molecular weight is 474 g/mol. The molecule has 11 heteroatoms. The molecular formula is C21H29ClFN3O6. The van der Waals surface area contributed by atoms with Crippen LogP contribution >= 0.6 is 12.4 Å². The summed E-state index contributed by atoms with van der Waals surface area (Å²) in [5.41, 5.74) is -0.362. The van der Waals surface area contributed by atoms with E-state index in [-0.39, 0.29) is 58.5 Å². The predicted molar refractivity (Wildman–Crippen MR) is 121 cm³/mol. The second-order valence-electron chi connectivity index (χ2n) is 8.16. The number of fused-ring (bicyclic) bond motifs is 1. The van der Waals surface area contributed by atoms with E-state index < -0.39 is 17.2 Å². The third kappa shape index (κ3) is 4.15. The Bertz CT molecular complexity index is 1070. The van der Waals surface area contributed by atoms with Gasteiger partial charge in [0, 0.05) is 32.4 Å². The molecule has 1 saturated carbocycles. The average Bonchev–Trinajstić information content (AvgIpc) is 3.45. The Morgan fingerprint density at radius 3 is 2.38 bits per heavy atom. The van der Waals surface area contributed by atoms with E-state index in [9.17, 15) is 14.7 Å². The third-order valence-electron chi connectivity index (χ3n) is 6.09. The van der Waals surface area contributed by atoms with Gasteiger partial charge in [0.25, 0.3) is 0 Å². The molecule has 2 aliphatic rings. The Morgan fingerprint density at radius 1 is 1.25 bits per heavy atom. The number of ether oxygens (including phenoxy) is 2. The van der Waals surface area contributed by atoms with Gasteiger partial charge < -0.3 is 34.4 Å². The van der Waals surface area contributed by atoms with Gasteiger partial charge in [-0.25, -0.2) is 9.18 Å². The van der Waals surface area contributed by atoms with Gasteiger partial charge in [0.05, 0.1) is 30.2 Å². The van der Waals surface area contributed by atoms with Gasteiger partial charge >= 0.3 is 5.97 Å². The molecule has 4 rings (SSSR count). The van der Waals surface area contributed by atoms with Crippen LogP contribution < -0.4 is 15.1 Å². The lowest BCUT2D eigenvalue weighted by molar-refractivity contribution is 0.0639. The van der Waals surface area contributed by atoms with E-state index in [1.807, 2.05) is 23.9 Å². The van der Waals surface area contributed by atoms with E-state index in [0.717, 1.165) is 18.9 Å². The summed E-state index contributed by atoms with van der Waals surface area (Å²) in [4.78, 5) is 28.3. The van der Waals surface area contributed by atoms with Crippen molar-refractivity contribution < 1.29 is 29.2 Å². The smallest absolute Gasteiger partial charge is 0.341 e. The van der Waals surface area contributed by atoms with Gasteiger partial charge in [-0.15, -0.1) is 12.4 Å². The van der Waals surface area contributed by atoms with Crippen molar-refractivity contribution in [3.8, 4) is 5.75 Å². The highest BCUT2D eigenvalue weighted by Crippen LogP contribution is 2.44. The zero-order chi connectivity index (χ0) is 21.7. The number of aromatic carboxylic acids is 1. The molecule has 1 aromatic carbocycles. The fourth-order valence-corrected chi connectivity index (χ4v) is 4.39. The fourth-order valence-electron chi connectivity index (χ4n) is 4.39. The van der Waals surface area contributed by atoms with Crippen LogP contribution in [0.5, 0.6) is 5.75 Å². The van der Waals surface area contributed by atoms with Gasteiger partial charge in [-0.3, -0.25) is 4.79 Å². The molecular weight excluding hydrogens is 445 g/mol. The van der Waals surface area contributed by atoms with Crippen molar-refractivity contribution in [2.75, 3.05) is 46.3 Å². The van der Waals surface area contributed by atoms with Crippen LogP contribution in [0.2, 0.25) is 0 Å². The zero-order valence-electron chi connectivity index (χ0n) is 18.4. The monoisotopic (exact) mass is 473 g/mol. The van der Waals surface area contributed by atoms with Gasteiger partial charge in [0.1, 0.15) is 11.3 Å². The Kier molecular flexibility index (Phi) is 7.77. The van der Waals surface area contributed by atoms with Gasteiger partial charge in [-0.1, -0.05) is 0 Å². The van der Waals surface area contributed by atoms with Gasteiger partial charge in [-0.05, 0) is 33.0 Å². The number of nitrogens with zero attached hydrogens (tertiary/aromatic N) is 3. The van der Waals surface area contributed by atoms with E-state index in [4.69, 9.17) is 9.47 Å². The standard InChI is InChI=1S/C21H26FN3O5.ClH.H2O/c1-23(2)15-9-24(10-16(15)29-3)18-14(22)7-12-17(20(18)30-4)25(11-5-6-11)8-13(19(12)26)21(27)28;;/h7-8,11,15-16H,5-6,9-10H2,1-4H3,(H,27,28);1H;1H2. The topological polar surface area (TPSA) is 116 Å². The zero-order valence-corrected chi connectivity index (χ0v) is 19.2. The summed E-state index contributed by atoms with van der Waals surface area (Å²) in [5.74, 6) is -1.69. The first-order valence-electron chi connectivity index (χ1n) is 9.91. The molecule has 2 fully saturated rings. The SMILES string of the molecule is COc1c(N2CC(OC)C(N(C)C)C2)c(F)cc2c(=O)c(C(=O)O)cn(C3CC3)c12.Cl.O. The number of carbonyl (C=O) groups is 1. The summed E-state index contributed by atoms with van der Waals surface area (Å²) < 4.78 is 28.4. The minimum atomic E-state index is -1.32. The summed E-state index contributed by atoms with van der Waals surface area (Å²) in [6.45, 7) is 1.00. The number of likely N-dealkylation sites (N-methyl/N-ethyl adjacent to an activating group) is 1. The maximum absolute atomic E-state index is 15.4. The lowest BCUT2D eigenvalue weighted by Gasteiger charge is -2.25. The number of benzene rings is 1. The van der Waals surface area contributed by atoms with Crippen LogP contribution in [0.25, 0.3) is 10.9 Å². The van der Waals surface area contributed by atoms with Crippen molar-refractivity contribution >= 4 is 35.0 Å². The highest BCUT2D eigenvalue weighted by atomic mass is 35.5. The maximum Gasteiger partial charge on any atom is 0.341 e. The molecule has 1 aromatic heterocycles. The molecule has 0 bridgehead atoms. The van der Waals surface area contributed by atoms with Gasteiger partial charge in [0.15, 0.2) is 11.6 Å². The van der Waals surface area contributed by atoms with E-state index in [1.54, 1.807) is 11.7 Å². The lowest BCUT2D eigenvalue weighted by atomic mass is 10.1. The van der Waals surface area contributed by atoms with E-state index in [0.29, 0.717) is 18.6 Å². The number of methoxy groups -OCH3 is 2. The molecule has 2 atom stereocenters. The first kappa shape index (κ1) is 25.9. The molecule has 3 N–H and O–H groups in total. The second kappa shape index (κ2) is 9.62. The number of hydrogen-bond donors (Lipinski definition) is 1. The molecule has 0 radical (unpaired) electrons. The number of aromatic nitrogens is 1. The molecule has 32 heavy (non-hydrogen) atoms. The largest absolute Gasteiger partial charge is 0.492 e. The van der Waals surface area contributed by atoms with Crippen molar-refractivity contribution in [3.63, 3.8) is 0 Å². The van der Waals surface area contributed by atoms with Crippen LogP contribution in [0.15, 0.2) is 17.1 Å². The molecule has 1 aliphatic carbocycles. The molecule has 9 nitrogen and oxygen atoms in total. The van der Waals surface area contributed by atoms with E-state index in [2.05, 4.69) is 0 Å². The van der Waals surface area contributed by atoms with Crippen LogP contribution in [0, 0.1) is 5.82 Å². The summed E-state index contributed by atoms with van der Waals surface area (Å²) in [5, 5.41) is 9.47. The minimum Gasteiger partial charge on any atom is -0.492 e. The van der Waals surface area contributed by atoms with Crippen LogP contribution in [0.3, 0.4) is 0 Å². The minimum absolute atomic E-state index is 0. The first-order chi connectivity index (χ1) is 14.3. The predicted octanol–water partition coefficient (Wildman–Crippen LogP) is 1.54. The molecule has 2 aromatic rings. The van der Waals surface area contributed by atoms with Crippen molar-refractivity contribution in [1.29, 1.82) is 0 Å². The molecule has 0 spiro atoms. The van der Waals surface area contributed by atoms with Crippen molar-refractivity contribution in [2.24, 2.45) is 0 Å². The Balaban J connectivity index is 0.00000181. The summed E-state index contributed by atoms with van der Waals surface area (Å²) >= 11 is 0.